The molecule has 0 spiro atoms. The lowest BCUT2D eigenvalue weighted by Crippen LogP contribution is -2.64. The molecular weight excluding hydrogens is 579 g/mol. The molecule has 1 atom stereocenters. The number of hydrogen-bond donors (Lipinski definition) is 0. The van der Waals surface area contributed by atoms with E-state index in [0.29, 0.717) is 28.8 Å². The van der Waals surface area contributed by atoms with Crippen molar-refractivity contribution in [3.63, 3.8) is 0 Å². The van der Waals surface area contributed by atoms with Crippen molar-refractivity contribution in [3.05, 3.63) is 82.1 Å². The molecule has 2 fully saturated rings. The van der Waals surface area contributed by atoms with Crippen LogP contribution in [-0.4, -0.2) is 83.7 Å². The Balaban J connectivity index is 1.54. The minimum atomic E-state index is -0.261. The maximum Gasteiger partial charge on any atom is 0.256 e. The Bertz CT molecular complexity index is 1280. The second-order valence-corrected chi connectivity index (χ2v) is 11.0. The minimum Gasteiger partial charge on any atom is -0.379 e. The zero-order chi connectivity index (χ0) is 25.8. The van der Waals surface area contributed by atoms with E-state index in [4.69, 9.17) is 4.74 Å². The van der Waals surface area contributed by atoms with Gasteiger partial charge in [-0.25, -0.2) is 0 Å². The number of aromatic nitrogens is 1. The highest BCUT2D eigenvalue weighted by Gasteiger charge is 2.42. The first-order chi connectivity index (χ1) is 18.0. The van der Waals surface area contributed by atoms with E-state index < -0.39 is 0 Å². The van der Waals surface area contributed by atoms with Crippen LogP contribution in [0.3, 0.4) is 0 Å². The third-order valence-electron chi connectivity index (χ3n) is 7.83. The van der Waals surface area contributed by atoms with Gasteiger partial charge in [-0.1, -0.05) is 59.0 Å². The average Bonchev–Trinajstić information content (AvgIpc) is 2.94. The summed E-state index contributed by atoms with van der Waals surface area (Å²) in [5.41, 5.74) is 1.91. The monoisotopic (exact) mass is 614 g/mol. The van der Waals surface area contributed by atoms with Crippen LogP contribution in [0, 0.1) is 0 Å². The molecule has 7 nitrogen and oxygen atoms in total. The van der Waals surface area contributed by atoms with Crippen LogP contribution in [0.15, 0.2) is 65.5 Å². The van der Waals surface area contributed by atoms with Crippen LogP contribution in [0.2, 0.25) is 0 Å². The third-order valence-corrected chi connectivity index (χ3v) is 8.51. The van der Waals surface area contributed by atoms with Gasteiger partial charge in [0.15, 0.2) is 0 Å². The average molecular weight is 615 g/mol. The molecule has 0 aliphatic carbocycles. The molecule has 2 aromatic carbocycles. The van der Waals surface area contributed by atoms with Gasteiger partial charge in [-0.3, -0.25) is 19.1 Å². The molecule has 1 amide bonds. The largest absolute Gasteiger partial charge is 0.379 e. The van der Waals surface area contributed by atoms with Crippen molar-refractivity contribution in [2.45, 2.75) is 29.5 Å². The normalized spacial score (nSPS) is 21.2. The molecule has 0 bridgehead atoms. The van der Waals surface area contributed by atoms with Gasteiger partial charge in [0.05, 0.1) is 28.8 Å². The molecule has 3 aromatic rings. The molecule has 5 rings (SSSR count). The number of alkyl halides is 1. The summed E-state index contributed by atoms with van der Waals surface area (Å²) in [6.45, 7) is 6.05. The number of hydrogen-bond acceptors (Lipinski definition) is 5. The van der Waals surface area contributed by atoms with Gasteiger partial charge in [0, 0.05) is 50.5 Å². The molecule has 2 saturated heterocycles. The summed E-state index contributed by atoms with van der Waals surface area (Å²) >= 11 is 2.23. The summed E-state index contributed by atoms with van der Waals surface area (Å²) in [6, 6.07) is 19.3. The lowest BCUT2D eigenvalue weighted by molar-refractivity contribution is -0.0753. The van der Waals surface area contributed by atoms with Crippen molar-refractivity contribution in [2.24, 2.45) is 0 Å². The summed E-state index contributed by atoms with van der Waals surface area (Å²) in [6.07, 6.45) is 1.95. The summed E-state index contributed by atoms with van der Waals surface area (Å²) in [7, 11) is 2.16. The van der Waals surface area contributed by atoms with Crippen molar-refractivity contribution < 1.29 is 9.53 Å². The van der Waals surface area contributed by atoms with Crippen LogP contribution < -0.4 is 5.56 Å². The molecule has 0 saturated carbocycles. The fraction of sp³-hybridized carbons (Fsp3) is 0.448. The molecule has 2 aliphatic rings. The molecular formula is C29H35IN4O3. The Hall–Kier alpha value is -2.27. The van der Waals surface area contributed by atoms with E-state index in [2.05, 4.69) is 39.4 Å². The highest BCUT2D eigenvalue weighted by molar-refractivity contribution is 14.1. The Labute approximate surface area is 232 Å². The number of para-hydroxylation sites is 1. The number of ether oxygens (including phenoxy) is 1. The molecule has 37 heavy (non-hydrogen) atoms. The van der Waals surface area contributed by atoms with Crippen molar-refractivity contribution in [1.29, 1.82) is 0 Å². The topological polar surface area (TPSA) is 58.0 Å². The summed E-state index contributed by atoms with van der Waals surface area (Å²) < 4.78 is 8.41. The number of benzene rings is 2. The van der Waals surface area contributed by atoms with Crippen molar-refractivity contribution in [1.82, 2.24) is 19.3 Å². The number of halogens is 1. The number of piperazine rings is 1. The van der Waals surface area contributed by atoms with Crippen LogP contribution >= 0.6 is 22.6 Å². The maximum absolute atomic E-state index is 14.0. The van der Waals surface area contributed by atoms with Crippen LogP contribution in [0.25, 0.3) is 10.9 Å². The molecule has 0 N–H and O–H groups in total. The maximum atomic E-state index is 14.0. The smallest absolute Gasteiger partial charge is 0.256 e. The van der Waals surface area contributed by atoms with E-state index in [-0.39, 0.29) is 23.6 Å². The Morgan fingerprint density at radius 3 is 2.49 bits per heavy atom. The quantitative estimate of drug-likeness (QED) is 0.299. The van der Waals surface area contributed by atoms with Crippen LogP contribution in [0.4, 0.5) is 0 Å². The van der Waals surface area contributed by atoms with Gasteiger partial charge in [0.2, 0.25) is 0 Å². The zero-order valence-electron chi connectivity index (χ0n) is 21.4. The van der Waals surface area contributed by atoms with E-state index in [0.717, 1.165) is 56.5 Å². The van der Waals surface area contributed by atoms with Crippen molar-refractivity contribution in [2.75, 3.05) is 53.0 Å². The van der Waals surface area contributed by atoms with Crippen LogP contribution in [0.1, 0.15) is 28.8 Å². The van der Waals surface area contributed by atoms with Gasteiger partial charge < -0.3 is 14.5 Å². The van der Waals surface area contributed by atoms with Gasteiger partial charge in [-0.15, -0.1) is 0 Å². The lowest BCUT2D eigenvalue weighted by atomic mass is 9.88. The summed E-state index contributed by atoms with van der Waals surface area (Å²) in [5.74, 6) is -0.0479. The number of carbonyl (C=O) groups excluding carboxylic acids is 1. The van der Waals surface area contributed by atoms with Gasteiger partial charge in [0.25, 0.3) is 11.5 Å². The fourth-order valence-electron chi connectivity index (χ4n) is 5.74. The summed E-state index contributed by atoms with van der Waals surface area (Å²) in [5, 5.41) is 1.01. The lowest BCUT2D eigenvalue weighted by Gasteiger charge is -2.50. The molecule has 2 aliphatic heterocycles. The highest BCUT2D eigenvalue weighted by Crippen LogP contribution is 2.30. The first kappa shape index (κ1) is 26.3. The highest BCUT2D eigenvalue weighted by atomic mass is 127. The number of amides is 1. The number of likely N-dealkylation sites (N-methyl/N-ethyl adjacent to an activating group) is 1. The molecule has 1 aromatic heterocycles. The Morgan fingerprint density at radius 2 is 1.78 bits per heavy atom. The van der Waals surface area contributed by atoms with E-state index in [1.54, 1.807) is 4.57 Å². The standard InChI is InChI=1S/C29H35IN4O3/c1-31-13-15-33(16-14-31)29(12-7-17-37-21-29)20-32(27(35)23-8-3-2-4-9-23)19-25-18-24-10-5-6-11-26(24)34(22-30)28(25)36/h2-6,8-11,18H,7,12-17,19-22H2,1H3. The minimum absolute atomic E-state index is 0.0347. The molecule has 1 unspecified atom stereocenters. The van der Waals surface area contributed by atoms with E-state index >= 15 is 0 Å². The van der Waals surface area contributed by atoms with Gasteiger partial charge in [-0.2, -0.15) is 0 Å². The van der Waals surface area contributed by atoms with E-state index in [1.165, 1.54) is 0 Å². The number of fused-ring (bicyclic) bond motifs is 1. The van der Waals surface area contributed by atoms with E-state index in [9.17, 15) is 9.59 Å². The Kier molecular flexibility index (Phi) is 8.28. The Morgan fingerprint density at radius 1 is 1.05 bits per heavy atom. The second kappa shape index (κ2) is 11.6. The number of carbonyl (C=O) groups is 1. The predicted octanol–water partition coefficient (Wildman–Crippen LogP) is 3.83. The van der Waals surface area contributed by atoms with E-state index in [1.807, 2.05) is 65.6 Å². The second-order valence-electron chi connectivity index (χ2n) is 10.3. The van der Waals surface area contributed by atoms with Crippen LogP contribution in [0.5, 0.6) is 0 Å². The van der Waals surface area contributed by atoms with Crippen LogP contribution in [-0.2, 0) is 15.8 Å². The molecule has 3 heterocycles. The van der Waals surface area contributed by atoms with Gasteiger partial charge >= 0.3 is 0 Å². The predicted molar refractivity (Wildman–Crippen MR) is 155 cm³/mol. The first-order valence-corrected chi connectivity index (χ1v) is 14.6. The number of pyridine rings is 1. The van der Waals surface area contributed by atoms with Crippen molar-refractivity contribution >= 4 is 39.4 Å². The fourth-order valence-corrected chi connectivity index (χ4v) is 6.41. The van der Waals surface area contributed by atoms with Gasteiger partial charge in [0.1, 0.15) is 0 Å². The molecule has 8 heteroatoms. The summed E-state index contributed by atoms with van der Waals surface area (Å²) in [4.78, 5) is 34.3. The van der Waals surface area contributed by atoms with Gasteiger partial charge in [-0.05, 0) is 49.5 Å². The first-order valence-electron chi connectivity index (χ1n) is 13.0. The number of rotatable bonds is 7. The third kappa shape index (κ3) is 5.62. The SMILES string of the molecule is CN1CCN(C2(CN(Cc3cc4ccccc4n(CI)c3=O)C(=O)c3ccccc3)CCCOC2)CC1. The number of nitrogens with zero attached hydrogens (tertiary/aromatic N) is 4. The molecule has 196 valence electrons. The molecule has 0 radical (unpaired) electrons. The zero-order valence-corrected chi connectivity index (χ0v) is 23.6. The van der Waals surface area contributed by atoms with Crippen molar-refractivity contribution in [3.8, 4) is 0 Å².